The molecular weight excluding hydrogens is 347 g/mol. The molecule has 0 N–H and O–H groups in total. The standard InChI is InChI=1S/C21H31O4P/c1-3-23-26(24-4-2)15-14-18-20(22)17-12-8-9-13-19(17)25-21(18)16-10-6-5-7-11-16/h8-9,12-13,16,18,21H,3-7,10-11,14-15H2,1-2H3. The zero-order valence-corrected chi connectivity index (χ0v) is 16.9. The summed E-state index contributed by atoms with van der Waals surface area (Å²) in [5.74, 6) is 1.40. The fraction of sp³-hybridized carbons (Fsp3) is 0.667. The molecule has 144 valence electrons. The summed E-state index contributed by atoms with van der Waals surface area (Å²) in [5.41, 5.74) is 0.738. The lowest BCUT2D eigenvalue weighted by Gasteiger charge is -2.39. The molecule has 3 rings (SSSR count). The van der Waals surface area contributed by atoms with Crippen LogP contribution in [-0.4, -0.2) is 31.3 Å². The van der Waals surface area contributed by atoms with Crippen molar-refractivity contribution < 1.29 is 18.6 Å². The smallest absolute Gasteiger partial charge is 0.173 e. The van der Waals surface area contributed by atoms with Gasteiger partial charge in [0.25, 0.3) is 0 Å². The van der Waals surface area contributed by atoms with Crippen LogP contribution >= 0.6 is 8.38 Å². The Morgan fingerprint density at radius 1 is 1.08 bits per heavy atom. The van der Waals surface area contributed by atoms with E-state index < -0.39 is 8.38 Å². The molecule has 0 spiro atoms. The minimum absolute atomic E-state index is 0.00203. The number of rotatable bonds is 8. The van der Waals surface area contributed by atoms with Gasteiger partial charge in [0.15, 0.2) is 14.2 Å². The van der Waals surface area contributed by atoms with Crippen LogP contribution in [0.4, 0.5) is 0 Å². The maximum absolute atomic E-state index is 13.2. The molecule has 26 heavy (non-hydrogen) atoms. The number of carbonyl (C=O) groups is 1. The number of carbonyl (C=O) groups excluding carboxylic acids is 1. The van der Waals surface area contributed by atoms with Crippen molar-refractivity contribution in [3.05, 3.63) is 29.8 Å². The van der Waals surface area contributed by atoms with E-state index in [0.717, 1.165) is 23.9 Å². The normalized spacial score (nSPS) is 23.7. The van der Waals surface area contributed by atoms with E-state index in [4.69, 9.17) is 13.8 Å². The fourth-order valence-corrected chi connectivity index (χ4v) is 5.63. The highest BCUT2D eigenvalue weighted by molar-refractivity contribution is 7.47. The Hall–Kier alpha value is -0.960. The Bertz CT molecular complexity index is 579. The molecule has 2 aliphatic rings. The number of hydrogen-bond acceptors (Lipinski definition) is 4. The van der Waals surface area contributed by atoms with Crippen molar-refractivity contribution in [2.75, 3.05) is 19.4 Å². The van der Waals surface area contributed by atoms with Gasteiger partial charge in [-0.2, -0.15) is 0 Å². The van der Waals surface area contributed by atoms with Gasteiger partial charge < -0.3 is 13.8 Å². The third-order valence-electron chi connectivity index (χ3n) is 5.43. The number of benzene rings is 1. The lowest BCUT2D eigenvalue weighted by atomic mass is 9.75. The van der Waals surface area contributed by atoms with Gasteiger partial charge in [-0.3, -0.25) is 4.79 Å². The number of Topliss-reactive ketones (excluding diaryl/α,β-unsaturated/α-hetero) is 1. The Morgan fingerprint density at radius 2 is 1.77 bits per heavy atom. The number of hydrogen-bond donors (Lipinski definition) is 0. The van der Waals surface area contributed by atoms with E-state index in [0.29, 0.717) is 19.1 Å². The molecule has 1 heterocycles. The predicted octanol–water partition coefficient (Wildman–Crippen LogP) is 5.60. The average Bonchev–Trinajstić information content (AvgIpc) is 2.68. The third kappa shape index (κ3) is 4.65. The summed E-state index contributed by atoms with van der Waals surface area (Å²) in [6.07, 6.45) is 7.71. The van der Waals surface area contributed by atoms with Crippen molar-refractivity contribution in [3.63, 3.8) is 0 Å². The van der Waals surface area contributed by atoms with Crippen molar-refractivity contribution in [1.82, 2.24) is 0 Å². The molecule has 0 radical (unpaired) electrons. The van der Waals surface area contributed by atoms with Crippen molar-refractivity contribution in [1.29, 1.82) is 0 Å². The molecule has 1 saturated carbocycles. The molecule has 4 nitrogen and oxygen atoms in total. The van der Waals surface area contributed by atoms with E-state index >= 15 is 0 Å². The molecule has 1 aromatic carbocycles. The first-order valence-corrected chi connectivity index (χ1v) is 11.4. The number of para-hydroxylation sites is 1. The van der Waals surface area contributed by atoms with Gasteiger partial charge in [-0.15, -0.1) is 0 Å². The van der Waals surface area contributed by atoms with E-state index in [9.17, 15) is 4.79 Å². The maximum Gasteiger partial charge on any atom is 0.173 e. The summed E-state index contributed by atoms with van der Waals surface area (Å²) in [6.45, 7) is 5.28. The van der Waals surface area contributed by atoms with Gasteiger partial charge in [0.2, 0.25) is 0 Å². The summed E-state index contributed by atoms with van der Waals surface area (Å²) >= 11 is 0. The van der Waals surface area contributed by atoms with Gasteiger partial charge in [-0.1, -0.05) is 31.4 Å². The van der Waals surface area contributed by atoms with Crippen LogP contribution in [0.1, 0.15) is 62.7 Å². The molecule has 1 aliphatic carbocycles. The van der Waals surface area contributed by atoms with Gasteiger partial charge in [-0.25, -0.2) is 0 Å². The monoisotopic (exact) mass is 378 g/mol. The molecule has 2 atom stereocenters. The quantitative estimate of drug-likeness (QED) is 0.552. The van der Waals surface area contributed by atoms with E-state index in [1.165, 1.54) is 32.1 Å². The van der Waals surface area contributed by atoms with Crippen LogP contribution < -0.4 is 4.74 Å². The van der Waals surface area contributed by atoms with Crippen molar-refractivity contribution >= 4 is 14.2 Å². The van der Waals surface area contributed by atoms with Gasteiger partial charge in [0.05, 0.1) is 24.7 Å². The van der Waals surface area contributed by atoms with Crippen LogP contribution in [0.3, 0.4) is 0 Å². The first kappa shape index (κ1) is 19.8. The van der Waals surface area contributed by atoms with Crippen LogP contribution in [0.15, 0.2) is 24.3 Å². The molecular formula is C21H31O4P. The molecule has 1 aliphatic heterocycles. The highest BCUT2D eigenvalue weighted by atomic mass is 31.2. The lowest BCUT2D eigenvalue weighted by molar-refractivity contribution is 0.0343. The lowest BCUT2D eigenvalue weighted by Crippen LogP contribution is -2.43. The van der Waals surface area contributed by atoms with E-state index in [1.54, 1.807) is 0 Å². The third-order valence-corrected chi connectivity index (χ3v) is 7.15. The number of ether oxygens (including phenoxy) is 1. The predicted molar refractivity (Wildman–Crippen MR) is 105 cm³/mol. The highest BCUT2D eigenvalue weighted by Crippen LogP contribution is 2.44. The first-order chi connectivity index (χ1) is 12.7. The van der Waals surface area contributed by atoms with Crippen molar-refractivity contribution in [2.24, 2.45) is 11.8 Å². The minimum Gasteiger partial charge on any atom is -0.489 e. The van der Waals surface area contributed by atoms with Crippen LogP contribution in [0.2, 0.25) is 0 Å². The largest absolute Gasteiger partial charge is 0.489 e. The maximum atomic E-state index is 13.2. The molecule has 0 saturated heterocycles. The number of fused-ring (bicyclic) bond motifs is 1. The molecule has 0 bridgehead atoms. The minimum atomic E-state index is -0.916. The van der Waals surface area contributed by atoms with Gasteiger partial charge >= 0.3 is 0 Å². The molecule has 2 unspecified atom stereocenters. The summed E-state index contributed by atoms with van der Waals surface area (Å²) in [5, 5.41) is 0. The van der Waals surface area contributed by atoms with Crippen LogP contribution in [-0.2, 0) is 9.05 Å². The summed E-state index contributed by atoms with van der Waals surface area (Å²) in [4.78, 5) is 13.2. The Kier molecular flexibility index (Phi) is 7.48. The molecule has 5 heteroatoms. The fourth-order valence-electron chi connectivity index (χ4n) is 4.23. The molecule has 0 aromatic heterocycles. The summed E-state index contributed by atoms with van der Waals surface area (Å²) in [7, 11) is -0.916. The Balaban J connectivity index is 1.77. The zero-order valence-electron chi connectivity index (χ0n) is 16.0. The van der Waals surface area contributed by atoms with Crippen molar-refractivity contribution in [3.8, 4) is 5.75 Å². The first-order valence-electron chi connectivity index (χ1n) is 10.1. The molecule has 0 amide bonds. The SMILES string of the molecule is CCOP(CCC1C(=O)c2ccccc2OC1C1CCCCC1)OCC. The second kappa shape index (κ2) is 9.82. The van der Waals surface area contributed by atoms with Crippen LogP contribution in [0, 0.1) is 11.8 Å². The van der Waals surface area contributed by atoms with Crippen molar-refractivity contribution in [2.45, 2.75) is 58.5 Å². The summed E-state index contributed by atoms with van der Waals surface area (Å²) in [6, 6.07) is 7.71. The molecule has 1 fully saturated rings. The van der Waals surface area contributed by atoms with E-state index in [2.05, 4.69) is 0 Å². The van der Waals surface area contributed by atoms with E-state index in [1.807, 2.05) is 38.1 Å². The topological polar surface area (TPSA) is 44.8 Å². The van der Waals surface area contributed by atoms with Gasteiger partial charge in [-0.05, 0) is 51.2 Å². The van der Waals surface area contributed by atoms with Crippen LogP contribution in [0.5, 0.6) is 5.75 Å². The Morgan fingerprint density at radius 3 is 2.46 bits per heavy atom. The second-order valence-corrected chi connectivity index (χ2v) is 8.76. The highest BCUT2D eigenvalue weighted by Gasteiger charge is 2.41. The average molecular weight is 378 g/mol. The molecule has 1 aromatic rings. The van der Waals surface area contributed by atoms with Gasteiger partial charge in [0.1, 0.15) is 11.9 Å². The zero-order chi connectivity index (χ0) is 18.4. The Labute approximate surface area is 158 Å². The van der Waals surface area contributed by atoms with Crippen LogP contribution in [0.25, 0.3) is 0 Å². The van der Waals surface area contributed by atoms with E-state index in [-0.39, 0.29) is 17.8 Å². The second-order valence-electron chi connectivity index (χ2n) is 7.13. The number of ketones is 1. The summed E-state index contributed by atoms with van der Waals surface area (Å²) < 4.78 is 17.9. The van der Waals surface area contributed by atoms with Gasteiger partial charge in [0, 0.05) is 6.16 Å².